The van der Waals surface area contributed by atoms with Gasteiger partial charge < -0.3 is 14.7 Å². The second-order valence-corrected chi connectivity index (χ2v) is 2.63. The topological polar surface area (TPSA) is 49.8 Å². The van der Waals surface area contributed by atoms with Crippen LogP contribution < -0.4 is 0 Å². The average molecular weight is 159 g/mol. The molecule has 4 heteroatoms. The first-order valence-electron chi connectivity index (χ1n) is 3.69. The van der Waals surface area contributed by atoms with Crippen LogP contribution in [0.1, 0.15) is 6.42 Å². The fourth-order valence-corrected chi connectivity index (χ4v) is 1.04. The molecule has 0 bridgehead atoms. The van der Waals surface area contributed by atoms with Crippen molar-refractivity contribution < 1.29 is 14.6 Å². The molecule has 0 aromatic carbocycles. The minimum atomic E-state index is -0.0625. The van der Waals surface area contributed by atoms with E-state index in [1.807, 2.05) is 0 Å². The molecule has 1 amide bonds. The largest absolute Gasteiger partial charge is 0.396 e. The zero-order valence-corrected chi connectivity index (χ0v) is 6.62. The standard InChI is InChI=1S/C7H13NO3/c1-11-6-4-8(5-6)7(10)2-3-9/h6,9H,2-5H2,1H3. The van der Waals surface area contributed by atoms with Gasteiger partial charge in [0, 0.05) is 26.6 Å². The molecule has 0 saturated carbocycles. The number of nitrogens with zero attached hydrogens (tertiary/aromatic N) is 1. The van der Waals surface area contributed by atoms with Crippen LogP contribution in [0.5, 0.6) is 0 Å². The average Bonchev–Trinajstić information content (AvgIpc) is 1.86. The van der Waals surface area contributed by atoms with Crippen LogP contribution >= 0.6 is 0 Å². The van der Waals surface area contributed by atoms with Crippen LogP contribution in [0.25, 0.3) is 0 Å². The molecular formula is C7H13NO3. The van der Waals surface area contributed by atoms with Crippen molar-refractivity contribution in [1.29, 1.82) is 0 Å². The third kappa shape index (κ3) is 1.91. The molecule has 0 aliphatic carbocycles. The summed E-state index contributed by atoms with van der Waals surface area (Å²) in [5.74, 6) is 0.0146. The lowest BCUT2D eigenvalue weighted by molar-refractivity contribution is -0.143. The summed E-state index contributed by atoms with van der Waals surface area (Å²) in [5, 5.41) is 8.45. The highest BCUT2D eigenvalue weighted by molar-refractivity contribution is 5.77. The van der Waals surface area contributed by atoms with Gasteiger partial charge in [-0.2, -0.15) is 0 Å². The van der Waals surface area contributed by atoms with Crippen LogP contribution in [0, 0.1) is 0 Å². The first-order valence-corrected chi connectivity index (χ1v) is 3.69. The van der Waals surface area contributed by atoms with E-state index in [0.717, 1.165) is 0 Å². The monoisotopic (exact) mass is 159 g/mol. The Bertz CT molecular complexity index is 143. The Morgan fingerprint density at radius 3 is 2.82 bits per heavy atom. The van der Waals surface area contributed by atoms with Crippen molar-refractivity contribution >= 4 is 5.91 Å². The molecule has 1 aliphatic rings. The third-order valence-electron chi connectivity index (χ3n) is 1.86. The van der Waals surface area contributed by atoms with Crippen LogP contribution in [-0.2, 0) is 9.53 Å². The van der Waals surface area contributed by atoms with Crippen LogP contribution in [-0.4, -0.2) is 48.8 Å². The minimum Gasteiger partial charge on any atom is -0.396 e. The molecule has 4 nitrogen and oxygen atoms in total. The van der Waals surface area contributed by atoms with Gasteiger partial charge in [0.2, 0.25) is 5.91 Å². The lowest BCUT2D eigenvalue weighted by Gasteiger charge is -2.38. The zero-order chi connectivity index (χ0) is 8.27. The molecule has 0 atom stereocenters. The molecule has 1 heterocycles. The number of amides is 1. The van der Waals surface area contributed by atoms with E-state index in [1.165, 1.54) is 0 Å². The van der Waals surface area contributed by atoms with Gasteiger partial charge >= 0.3 is 0 Å². The second-order valence-electron chi connectivity index (χ2n) is 2.63. The van der Waals surface area contributed by atoms with Crippen LogP contribution in [0.2, 0.25) is 0 Å². The summed E-state index contributed by atoms with van der Waals surface area (Å²) in [4.78, 5) is 12.7. The SMILES string of the molecule is COC1CN(C(=O)CCO)C1. The fourth-order valence-electron chi connectivity index (χ4n) is 1.04. The van der Waals surface area contributed by atoms with E-state index in [1.54, 1.807) is 12.0 Å². The Balaban J connectivity index is 2.16. The van der Waals surface area contributed by atoms with Crippen LogP contribution in [0.15, 0.2) is 0 Å². The summed E-state index contributed by atoms with van der Waals surface area (Å²) in [7, 11) is 1.64. The van der Waals surface area contributed by atoms with E-state index in [4.69, 9.17) is 9.84 Å². The number of hydrogen-bond acceptors (Lipinski definition) is 3. The highest BCUT2D eigenvalue weighted by Crippen LogP contribution is 2.11. The number of likely N-dealkylation sites (tertiary alicyclic amines) is 1. The van der Waals surface area contributed by atoms with Gasteiger partial charge in [-0.25, -0.2) is 0 Å². The summed E-state index contributed by atoms with van der Waals surface area (Å²) in [6, 6.07) is 0. The normalized spacial score (nSPS) is 18.2. The molecular weight excluding hydrogens is 146 g/mol. The number of ether oxygens (including phenoxy) is 1. The predicted octanol–water partition coefficient (Wildman–Crippen LogP) is -0.774. The van der Waals surface area contributed by atoms with Crippen molar-refractivity contribution in [3.63, 3.8) is 0 Å². The summed E-state index contributed by atoms with van der Waals surface area (Å²) in [5.41, 5.74) is 0. The number of aliphatic hydroxyl groups excluding tert-OH is 1. The van der Waals surface area contributed by atoms with E-state index in [9.17, 15) is 4.79 Å². The molecule has 0 aromatic heterocycles. The lowest BCUT2D eigenvalue weighted by atomic mass is 10.1. The van der Waals surface area contributed by atoms with Gasteiger partial charge in [0.25, 0.3) is 0 Å². The number of carbonyl (C=O) groups excluding carboxylic acids is 1. The maximum Gasteiger partial charge on any atom is 0.225 e. The van der Waals surface area contributed by atoms with Crippen molar-refractivity contribution in [2.75, 3.05) is 26.8 Å². The van der Waals surface area contributed by atoms with Gasteiger partial charge in [-0.05, 0) is 0 Å². The molecule has 0 unspecified atom stereocenters. The Morgan fingerprint density at radius 1 is 1.73 bits per heavy atom. The summed E-state index contributed by atoms with van der Waals surface area (Å²) in [6.45, 7) is 1.29. The Kier molecular flexibility index (Phi) is 2.84. The predicted molar refractivity (Wildman–Crippen MR) is 39.1 cm³/mol. The molecule has 64 valence electrons. The summed E-state index contributed by atoms with van der Waals surface area (Å²) < 4.78 is 4.99. The quantitative estimate of drug-likeness (QED) is 0.588. The smallest absolute Gasteiger partial charge is 0.225 e. The molecule has 1 saturated heterocycles. The molecule has 11 heavy (non-hydrogen) atoms. The van der Waals surface area contributed by atoms with Crippen molar-refractivity contribution in [1.82, 2.24) is 4.90 Å². The van der Waals surface area contributed by atoms with Crippen molar-refractivity contribution in [3.05, 3.63) is 0 Å². The van der Waals surface area contributed by atoms with Crippen LogP contribution in [0.3, 0.4) is 0 Å². The Labute approximate surface area is 65.8 Å². The van der Waals surface area contributed by atoms with Gasteiger partial charge in [0.15, 0.2) is 0 Å². The maximum atomic E-state index is 11.0. The maximum absolute atomic E-state index is 11.0. The molecule has 0 radical (unpaired) electrons. The lowest BCUT2D eigenvalue weighted by Crippen LogP contribution is -2.54. The third-order valence-corrected chi connectivity index (χ3v) is 1.86. The second kappa shape index (κ2) is 3.69. The molecule has 1 aliphatic heterocycles. The van der Waals surface area contributed by atoms with E-state index in [2.05, 4.69) is 0 Å². The molecule has 0 aromatic rings. The van der Waals surface area contributed by atoms with Crippen LogP contribution in [0.4, 0.5) is 0 Å². The Hall–Kier alpha value is -0.610. The van der Waals surface area contributed by atoms with E-state index < -0.39 is 0 Å². The fraction of sp³-hybridized carbons (Fsp3) is 0.857. The summed E-state index contributed by atoms with van der Waals surface area (Å²) in [6.07, 6.45) is 0.439. The van der Waals surface area contributed by atoms with Gasteiger partial charge in [-0.1, -0.05) is 0 Å². The number of aliphatic hydroxyl groups is 1. The minimum absolute atomic E-state index is 0.0146. The van der Waals surface area contributed by atoms with Gasteiger partial charge in [0.05, 0.1) is 12.7 Å². The van der Waals surface area contributed by atoms with Gasteiger partial charge in [-0.3, -0.25) is 4.79 Å². The molecule has 1 rings (SSSR count). The highest BCUT2D eigenvalue weighted by Gasteiger charge is 2.29. The molecule has 1 fully saturated rings. The van der Waals surface area contributed by atoms with E-state index in [0.29, 0.717) is 13.1 Å². The van der Waals surface area contributed by atoms with E-state index in [-0.39, 0.29) is 25.0 Å². The highest BCUT2D eigenvalue weighted by atomic mass is 16.5. The zero-order valence-electron chi connectivity index (χ0n) is 6.62. The summed E-state index contributed by atoms with van der Waals surface area (Å²) >= 11 is 0. The van der Waals surface area contributed by atoms with Crippen molar-refractivity contribution in [3.8, 4) is 0 Å². The number of rotatable bonds is 3. The first kappa shape index (κ1) is 8.49. The van der Waals surface area contributed by atoms with Crippen molar-refractivity contribution in [2.24, 2.45) is 0 Å². The molecule has 0 spiro atoms. The number of methoxy groups -OCH3 is 1. The Morgan fingerprint density at radius 2 is 2.36 bits per heavy atom. The van der Waals surface area contributed by atoms with Gasteiger partial charge in [-0.15, -0.1) is 0 Å². The molecule has 1 N–H and O–H groups in total. The van der Waals surface area contributed by atoms with Gasteiger partial charge in [0.1, 0.15) is 0 Å². The first-order chi connectivity index (χ1) is 5.27. The van der Waals surface area contributed by atoms with Crippen molar-refractivity contribution in [2.45, 2.75) is 12.5 Å². The number of carbonyl (C=O) groups is 1. The van der Waals surface area contributed by atoms with E-state index >= 15 is 0 Å². The number of hydrogen-bond donors (Lipinski definition) is 1.